The zero-order valence-corrected chi connectivity index (χ0v) is 16.9. The normalized spacial score (nSPS) is 16.7. The number of rotatable bonds is 6. The predicted octanol–water partition coefficient (Wildman–Crippen LogP) is 4.91. The lowest BCUT2D eigenvalue weighted by molar-refractivity contribution is -0.116. The lowest BCUT2D eigenvalue weighted by Gasteiger charge is -2.23. The number of anilines is 1. The van der Waals surface area contributed by atoms with Crippen LogP contribution in [0.25, 0.3) is 10.2 Å². The zero-order chi connectivity index (χ0) is 18.6. The van der Waals surface area contributed by atoms with Crippen molar-refractivity contribution < 1.29 is 9.53 Å². The second-order valence-electron chi connectivity index (χ2n) is 6.71. The summed E-state index contributed by atoms with van der Waals surface area (Å²) in [6.07, 6.45) is 2.16. The number of aryl methyl sites for hydroxylation is 1. The lowest BCUT2D eigenvalue weighted by atomic mass is 10.2. The maximum Gasteiger partial charge on any atom is 0.239 e. The van der Waals surface area contributed by atoms with Crippen LogP contribution in [-0.2, 0) is 9.53 Å². The first kappa shape index (κ1) is 18.5. The Bertz CT molecular complexity index is 884. The summed E-state index contributed by atoms with van der Waals surface area (Å²) in [6.45, 7) is 3.42. The van der Waals surface area contributed by atoms with Gasteiger partial charge in [0.2, 0.25) is 5.91 Å². The number of thiazole rings is 1. The van der Waals surface area contributed by atoms with Crippen LogP contribution in [0.2, 0.25) is 0 Å². The van der Waals surface area contributed by atoms with Gasteiger partial charge < -0.3 is 4.74 Å². The van der Waals surface area contributed by atoms with Crippen molar-refractivity contribution in [3.63, 3.8) is 0 Å². The first-order chi connectivity index (χ1) is 13.2. The van der Waals surface area contributed by atoms with Crippen molar-refractivity contribution in [3.8, 4) is 0 Å². The fourth-order valence-electron chi connectivity index (χ4n) is 3.11. The van der Waals surface area contributed by atoms with E-state index in [2.05, 4.69) is 31.2 Å². The van der Waals surface area contributed by atoms with Gasteiger partial charge in [-0.2, -0.15) is 0 Å². The molecule has 0 aliphatic carbocycles. The summed E-state index contributed by atoms with van der Waals surface area (Å²) in [5.74, 6) is 0.473. The largest absolute Gasteiger partial charge is 0.376 e. The Morgan fingerprint density at radius 1 is 1.26 bits per heavy atom. The fraction of sp³-hybridized carbons (Fsp3) is 0.333. The van der Waals surface area contributed by atoms with Crippen molar-refractivity contribution in [1.82, 2.24) is 4.98 Å². The molecular formula is C21H22N2O2S2. The van der Waals surface area contributed by atoms with Gasteiger partial charge in [0.1, 0.15) is 0 Å². The van der Waals surface area contributed by atoms with Crippen molar-refractivity contribution in [2.45, 2.75) is 30.8 Å². The standard InChI is InChI=1S/C21H22N2O2S2/c1-15-8-10-17(11-9-15)26-14-20(24)23(13-16-5-4-12-25-16)21-22-18-6-2-3-7-19(18)27-21/h2-3,6-11,16H,4-5,12-14H2,1H3/t16-/m1/s1. The van der Waals surface area contributed by atoms with E-state index in [-0.39, 0.29) is 12.0 Å². The molecule has 1 amide bonds. The second-order valence-corrected chi connectivity index (χ2v) is 8.76. The molecule has 1 atom stereocenters. The summed E-state index contributed by atoms with van der Waals surface area (Å²) in [5, 5.41) is 0.765. The summed E-state index contributed by atoms with van der Waals surface area (Å²) in [7, 11) is 0. The van der Waals surface area contributed by atoms with Crippen LogP contribution < -0.4 is 4.90 Å². The minimum atomic E-state index is 0.0788. The van der Waals surface area contributed by atoms with Gasteiger partial charge in [0, 0.05) is 11.5 Å². The van der Waals surface area contributed by atoms with E-state index in [0.717, 1.165) is 39.7 Å². The van der Waals surface area contributed by atoms with E-state index < -0.39 is 0 Å². The maximum atomic E-state index is 13.1. The van der Waals surface area contributed by atoms with Gasteiger partial charge in [0.25, 0.3) is 0 Å². The predicted molar refractivity (Wildman–Crippen MR) is 113 cm³/mol. The minimum Gasteiger partial charge on any atom is -0.376 e. The highest BCUT2D eigenvalue weighted by Gasteiger charge is 2.26. The molecule has 4 rings (SSSR count). The molecule has 27 heavy (non-hydrogen) atoms. The third-order valence-electron chi connectivity index (χ3n) is 4.61. The fourth-order valence-corrected chi connectivity index (χ4v) is 4.88. The van der Waals surface area contributed by atoms with Gasteiger partial charge in [-0.05, 0) is 44.0 Å². The first-order valence-electron chi connectivity index (χ1n) is 9.16. The Hall–Kier alpha value is -1.89. The number of benzene rings is 2. The van der Waals surface area contributed by atoms with E-state index in [4.69, 9.17) is 9.72 Å². The van der Waals surface area contributed by atoms with Gasteiger partial charge in [-0.15, -0.1) is 11.8 Å². The quantitative estimate of drug-likeness (QED) is 0.553. The number of carbonyl (C=O) groups excluding carboxylic acids is 1. The number of para-hydroxylation sites is 1. The Kier molecular flexibility index (Phi) is 5.76. The molecule has 0 bridgehead atoms. The number of nitrogens with zero attached hydrogens (tertiary/aromatic N) is 2. The van der Waals surface area contributed by atoms with Gasteiger partial charge in [-0.1, -0.05) is 41.2 Å². The van der Waals surface area contributed by atoms with Crippen LogP contribution in [0.5, 0.6) is 0 Å². The third kappa shape index (κ3) is 4.51. The molecule has 1 saturated heterocycles. The summed E-state index contributed by atoms with van der Waals surface area (Å²) >= 11 is 3.14. The highest BCUT2D eigenvalue weighted by Crippen LogP contribution is 2.30. The molecule has 0 unspecified atom stereocenters. The third-order valence-corrected chi connectivity index (χ3v) is 6.66. The van der Waals surface area contributed by atoms with Gasteiger partial charge in [-0.3, -0.25) is 9.69 Å². The molecule has 0 N–H and O–H groups in total. The number of carbonyl (C=O) groups is 1. The molecule has 1 fully saturated rings. The van der Waals surface area contributed by atoms with Crippen molar-refractivity contribution in [3.05, 3.63) is 54.1 Å². The smallest absolute Gasteiger partial charge is 0.239 e. The summed E-state index contributed by atoms with van der Waals surface area (Å²) in [6, 6.07) is 16.3. The molecular weight excluding hydrogens is 376 g/mol. The molecule has 4 nitrogen and oxygen atoms in total. The van der Waals surface area contributed by atoms with Crippen LogP contribution in [0.4, 0.5) is 5.13 Å². The molecule has 1 aliphatic rings. The van der Waals surface area contributed by atoms with E-state index in [0.29, 0.717) is 12.3 Å². The minimum absolute atomic E-state index is 0.0788. The summed E-state index contributed by atoms with van der Waals surface area (Å²) < 4.78 is 6.88. The number of aromatic nitrogens is 1. The van der Waals surface area contributed by atoms with Crippen LogP contribution in [0.3, 0.4) is 0 Å². The van der Waals surface area contributed by atoms with Gasteiger partial charge in [0.15, 0.2) is 5.13 Å². The molecule has 2 heterocycles. The van der Waals surface area contributed by atoms with Crippen molar-refractivity contribution >= 4 is 44.4 Å². The number of hydrogen-bond acceptors (Lipinski definition) is 5. The molecule has 0 radical (unpaired) electrons. The van der Waals surface area contributed by atoms with Crippen molar-refractivity contribution in [1.29, 1.82) is 0 Å². The number of amides is 1. The SMILES string of the molecule is Cc1ccc(SCC(=O)N(C[C@H]2CCCO2)c2nc3ccccc3s2)cc1. The van der Waals surface area contributed by atoms with E-state index >= 15 is 0 Å². The van der Waals surface area contributed by atoms with Crippen LogP contribution in [0.1, 0.15) is 18.4 Å². The molecule has 3 aromatic rings. The Morgan fingerprint density at radius 2 is 2.07 bits per heavy atom. The average Bonchev–Trinajstić information content (AvgIpc) is 3.34. The average molecular weight is 399 g/mol. The zero-order valence-electron chi connectivity index (χ0n) is 15.3. The van der Waals surface area contributed by atoms with Crippen LogP contribution >= 0.6 is 23.1 Å². The summed E-state index contributed by atoms with van der Waals surface area (Å²) in [5.41, 5.74) is 2.16. The molecule has 0 saturated carbocycles. The summed E-state index contributed by atoms with van der Waals surface area (Å²) in [4.78, 5) is 20.7. The molecule has 6 heteroatoms. The van der Waals surface area contributed by atoms with E-state index in [1.807, 2.05) is 29.2 Å². The topological polar surface area (TPSA) is 42.4 Å². The number of ether oxygens (including phenoxy) is 1. The Morgan fingerprint density at radius 3 is 2.81 bits per heavy atom. The Labute approximate surface area is 167 Å². The maximum absolute atomic E-state index is 13.1. The highest BCUT2D eigenvalue weighted by molar-refractivity contribution is 8.00. The van der Waals surface area contributed by atoms with E-state index in [1.54, 1.807) is 23.1 Å². The molecule has 1 aliphatic heterocycles. The monoisotopic (exact) mass is 398 g/mol. The van der Waals surface area contributed by atoms with Gasteiger partial charge in [0.05, 0.1) is 28.6 Å². The molecule has 2 aromatic carbocycles. The molecule has 1 aromatic heterocycles. The highest BCUT2D eigenvalue weighted by atomic mass is 32.2. The lowest BCUT2D eigenvalue weighted by Crippen LogP contribution is -2.38. The van der Waals surface area contributed by atoms with Crippen molar-refractivity contribution in [2.75, 3.05) is 23.8 Å². The van der Waals surface area contributed by atoms with Crippen LogP contribution in [0, 0.1) is 6.92 Å². The van der Waals surface area contributed by atoms with E-state index in [9.17, 15) is 4.79 Å². The molecule has 140 valence electrons. The van der Waals surface area contributed by atoms with Gasteiger partial charge in [-0.25, -0.2) is 4.98 Å². The Balaban J connectivity index is 1.52. The first-order valence-corrected chi connectivity index (χ1v) is 11.0. The van der Waals surface area contributed by atoms with Crippen molar-refractivity contribution in [2.24, 2.45) is 0 Å². The van der Waals surface area contributed by atoms with Crippen LogP contribution in [-0.4, -0.2) is 35.9 Å². The van der Waals surface area contributed by atoms with E-state index in [1.165, 1.54) is 5.56 Å². The second kappa shape index (κ2) is 8.42. The number of hydrogen-bond donors (Lipinski definition) is 0. The number of fused-ring (bicyclic) bond motifs is 1. The molecule has 0 spiro atoms. The van der Waals surface area contributed by atoms with Crippen LogP contribution in [0.15, 0.2) is 53.4 Å². The van der Waals surface area contributed by atoms with Gasteiger partial charge >= 0.3 is 0 Å². The number of thioether (sulfide) groups is 1.